The van der Waals surface area contributed by atoms with Gasteiger partial charge in [0.25, 0.3) is 0 Å². The summed E-state index contributed by atoms with van der Waals surface area (Å²) in [6.07, 6.45) is 9.19. The summed E-state index contributed by atoms with van der Waals surface area (Å²) in [6, 6.07) is 4.01. The molecule has 0 aliphatic rings. The van der Waals surface area contributed by atoms with Gasteiger partial charge in [-0.15, -0.1) is 30.4 Å². The number of nitrogens with one attached hydrogen (secondary N) is 2. The second-order valence-electron chi connectivity index (χ2n) is 2.98. The van der Waals surface area contributed by atoms with E-state index < -0.39 is 0 Å². The van der Waals surface area contributed by atoms with Crippen LogP contribution >= 0.6 is 24.0 Å². The molecule has 0 bridgehead atoms. The molecule has 1 aromatic heterocycles. The van der Waals surface area contributed by atoms with E-state index in [-0.39, 0.29) is 24.0 Å². The number of rotatable bonds is 4. The summed E-state index contributed by atoms with van der Waals surface area (Å²) in [7, 11) is 1.72. The van der Waals surface area contributed by atoms with Crippen molar-refractivity contribution in [3.8, 4) is 12.3 Å². The number of hydrogen-bond acceptors (Lipinski definition) is 1. The van der Waals surface area contributed by atoms with Gasteiger partial charge in [-0.2, -0.15) is 0 Å². The standard InChI is InChI=1S/C11H16N4.HI/c1-3-6-13-11(12-2)14-7-10-15-8-4-5-9-15;/h1,4-5,8-9H,6-7,10H2,2H3,(H2,12,13,14);1H. The fraction of sp³-hybridized carbons (Fsp3) is 0.364. The maximum Gasteiger partial charge on any atom is 0.191 e. The number of terminal acetylenes is 1. The molecule has 0 atom stereocenters. The number of hydrogen-bond donors (Lipinski definition) is 2. The van der Waals surface area contributed by atoms with Crippen molar-refractivity contribution >= 4 is 29.9 Å². The maximum absolute atomic E-state index is 5.14. The molecular weight excluding hydrogens is 315 g/mol. The fourth-order valence-corrected chi connectivity index (χ4v) is 1.18. The van der Waals surface area contributed by atoms with Crippen LogP contribution in [-0.2, 0) is 6.54 Å². The minimum atomic E-state index is 0. The lowest BCUT2D eigenvalue weighted by Gasteiger charge is -2.10. The normalized spacial score (nSPS) is 10.1. The quantitative estimate of drug-likeness (QED) is 0.372. The molecule has 0 radical (unpaired) electrons. The molecule has 0 aliphatic carbocycles. The second-order valence-corrected chi connectivity index (χ2v) is 2.98. The van der Waals surface area contributed by atoms with Crippen LogP contribution in [0.1, 0.15) is 0 Å². The number of aliphatic imine (C=N–C) groups is 1. The lowest BCUT2D eigenvalue weighted by atomic mass is 10.6. The summed E-state index contributed by atoms with van der Waals surface area (Å²) in [5.41, 5.74) is 0. The van der Waals surface area contributed by atoms with E-state index in [0.717, 1.165) is 19.0 Å². The minimum absolute atomic E-state index is 0. The van der Waals surface area contributed by atoms with Crippen molar-refractivity contribution in [3.05, 3.63) is 24.5 Å². The fourth-order valence-electron chi connectivity index (χ4n) is 1.18. The van der Waals surface area contributed by atoms with Gasteiger partial charge >= 0.3 is 0 Å². The highest BCUT2D eigenvalue weighted by atomic mass is 127. The first-order valence-corrected chi connectivity index (χ1v) is 4.85. The monoisotopic (exact) mass is 332 g/mol. The van der Waals surface area contributed by atoms with E-state index in [2.05, 4.69) is 26.1 Å². The van der Waals surface area contributed by atoms with Crippen molar-refractivity contribution in [1.29, 1.82) is 0 Å². The van der Waals surface area contributed by atoms with Gasteiger partial charge in [-0.05, 0) is 12.1 Å². The molecule has 1 aromatic rings. The zero-order valence-electron chi connectivity index (χ0n) is 9.31. The summed E-state index contributed by atoms with van der Waals surface area (Å²) < 4.78 is 2.10. The van der Waals surface area contributed by atoms with Gasteiger partial charge in [-0.25, -0.2) is 0 Å². The Balaban J connectivity index is 0.00000225. The van der Waals surface area contributed by atoms with Crippen molar-refractivity contribution in [2.45, 2.75) is 6.54 Å². The van der Waals surface area contributed by atoms with Crippen LogP contribution in [0.3, 0.4) is 0 Å². The van der Waals surface area contributed by atoms with Gasteiger partial charge in [0.2, 0.25) is 0 Å². The van der Waals surface area contributed by atoms with Gasteiger partial charge in [0.15, 0.2) is 5.96 Å². The number of guanidine groups is 1. The van der Waals surface area contributed by atoms with E-state index in [1.807, 2.05) is 24.5 Å². The highest BCUT2D eigenvalue weighted by molar-refractivity contribution is 14.0. The van der Waals surface area contributed by atoms with Gasteiger partial charge in [0, 0.05) is 32.5 Å². The molecule has 1 rings (SSSR count). The molecule has 0 saturated heterocycles. The average molecular weight is 332 g/mol. The zero-order chi connectivity index (χ0) is 10.9. The molecule has 4 nitrogen and oxygen atoms in total. The van der Waals surface area contributed by atoms with Crippen LogP contribution in [0.25, 0.3) is 0 Å². The van der Waals surface area contributed by atoms with Gasteiger partial charge in [0.1, 0.15) is 0 Å². The molecule has 0 saturated carbocycles. The van der Waals surface area contributed by atoms with Crippen LogP contribution < -0.4 is 10.6 Å². The van der Waals surface area contributed by atoms with Crippen LogP contribution in [0, 0.1) is 12.3 Å². The first-order chi connectivity index (χ1) is 7.36. The molecule has 2 N–H and O–H groups in total. The maximum atomic E-state index is 5.14. The molecule has 0 fully saturated rings. The van der Waals surface area contributed by atoms with Crippen LogP contribution in [0.5, 0.6) is 0 Å². The molecule has 5 heteroatoms. The van der Waals surface area contributed by atoms with Crippen LogP contribution in [0.4, 0.5) is 0 Å². The SMILES string of the molecule is C#CCNC(=NC)NCCn1cccc1.I. The topological polar surface area (TPSA) is 41.4 Å². The van der Waals surface area contributed by atoms with Gasteiger partial charge in [0.05, 0.1) is 6.54 Å². The molecule has 0 unspecified atom stereocenters. The largest absolute Gasteiger partial charge is 0.355 e. The Morgan fingerprint density at radius 1 is 1.38 bits per heavy atom. The Bertz CT molecular complexity index is 337. The van der Waals surface area contributed by atoms with E-state index in [1.54, 1.807) is 7.05 Å². The molecule has 0 amide bonds. The Hall–Kier alpha value is -1.16. The molecule has 0 spiro atoms. The van der Waals surface area contributed by atoms with Crippen molar-refractivity contribution in [3.63, 3.8) is 0 Å². The number of halogens is 1. The highest BCUT2D eigenvalue weighted by Crippen LogP contribution is 1.87. The highest BCUT2D eigenvalue weighted by Gasteiger charge is 1.94. The van der Waals surface area contributed by atoms with Gasteiger partial charge in [-0.1, -0.05) is 5.92 Å². The summed E-state index contributed by atoms with van der Waals surface area (Å²) in [5.74, 6) is 3.24. The molecule has 1 heterocycles. The van der Waals surface area contributed by atoms with Crippen molar-refractivity contribution in [2.24, 2.45) is 4.99 Å². The lowest BCUT2D eigenvalue weighted by molar-refractivity contribution is 0.669. The van der Waals surface area contributed by atoms with E-state index in [9.17, 15) is 0 Å². The van der Waals surface area contributed by atoms with Crippen molar-refractivity contribution in [1.82, 2.24) is 15.2 Å². The van der Waals surface area contributed by atoms with Crippen LogP contribution in [-0.4, -0.2) is 30.7 Å². The minimum Gasteiger partial charge on any atom is -0.355 e. The summed E-state index contributed by atoms with van der Waals surface area (Å²) in [4.78, 5) is 4.03. The van der Waals surface area contributed by atoms with E-state index >= 15 is 0 Å². The molecule has 0 aliphatic heterocycles. The van der Waals surface area contributed by atoms with Gasteiger partial charge in [-0.3, -0.25) is 4.99 Å². The Kier molecular flexibility index (Phi) is 8.43. The van der Waals surface area contributed by atoms with E-state index in [4.69, 9.17) is 6.42 Å². The molecular formula is C11H17IN4. The predicted octanol–water partition coefficient (Wildman–Crippen LogP) is 0.904. The molecule has 0 aromatic carbocycles. The zero-order valence-corrected chi connectivity index (χ0v) is 11.6. The second kappa shape index (κ2) is 9.09. The summed E-state index contributed by atoms with van der Waals surface area (Å²) in [6.45, 7) is 2.21. The average Bonchev–Trinajstić information content (AvgIpc) is 2.76. The third-order valence-electron chi connectivity index (χ3n) is 1.91. The summed E-state index contributed by atoms with van der Waals surface area (Å²) in [5, 5.41) is 6.16. The first-order valence-electron chi connectivity index (χ1n) is 4.85. The Morgan fingerprint density at radius 3 is 2.62 bits per heavy atom. The molecule has 16 heavy (non-hydrogen) atoms. The first kappa shape index (κ1) is 14.8. The van der Waals surface area contributed by atoms with E-state index in [1.165, 1.54) is 0 Å². The van der Waals surface area contributed by atoms with Crippen LogP contribution in [0.2, 0.25) is 0 Å². The Labute approximate surface area is 114 Å². The third-order valence-corrected chi connectivity index (χ3v) is 1.91. The molecule has 88 valence electrons. The smallest absolute Gasteiger partial charge is 0.191 e. The summed E-state index contributed by atoms with van der Waals surface area (Å²) >= 11 is 0. The van der Waals surface area contributed by atoms with Crippen molar-refractivity contribution < 1.29 is 0 Å². The van der Waals surface area contributed by atoms with E-state index in [0.29, 0.717) is 6.54 Å². The number of aromatic nitrogens is 1. The van der Waals surface area contributed by atoms with Crippen LogP contribution in [0.15, 0.2) is 29.5 Å². The number of nitrogens with zero attached hydrogens (tertiary/aromatic N) is 2. The third kappa shape index (κ3) is 5.66. The van der Waals surface area contributed by atoms with Crippen molar-refractivity contribution in [2.75, 3.05) is 20.1 Å². The van der Waals surface area contributed by atoms with Gasteiger partial charge < -0.3 is 15.2 Å². The lowest BCUT2D eigenvalue weighted by Crippen LogP contribution is -2.38. The predicted molar refractivity (Wildman–Crippen MR) is 78.0 cm³/mol. The Morgan fingerprint density at radius 2 is 2.06 bits per heavy atom.